The third-order valence-electron chi connectivity index (χ3n) is 9.81. The summed E-state index contributed by atoms with van der Waals surface area (Å²) in [6.07, 6.45) is 0.210. The molecule has 0 bridgehead atoms. The van der Waals surface area contributed by atoms with E-state index < -0.39 is 13.7 Å². The first-order chi connectivity index (χ1) is 20.7. The fourth-order valence-corrected chi connectivity index (χ4v) is 11.8. The van der Waals surface area contributed by atoms with Crippen LogP contribution in [0.3, 0.4) is 0 Å². The zero-order valence-corrected chi connectivity index (χ0v) is 26.4. The number of aliphatic hydroxyl groups is 1. The zero-order valence-electron chi connectivity index (χ0n) is 25.4. The van der Waals surface area contributed by atoms with Crippen LogP contribution in [-0.2, 0) is 26.5 Å². The average molecular weight is 600 g/mol. The van der Waals surface area contributed by atoms with E-state index in [1.807, 2.05) is 65.6 Å². The fraction of sp³-hybridized carbons (Fsp3) is 0.412. The van der Waals surface area contributed by atoms with Gasteiger partial charge in [0.15, 0.2) is 5.60 Å². The molecular formula is C34H41N3O5Si. The maximum absolute atomic E-state index is 14.7. The lowest BCUT2D eigenvalue weighted by atomic mass is 9.82. The highest BCUT2D eigenvalue weighted by atomic mass is 28.3. The van der Waals surface area contributed by atoms with Gasteiger partial charge in [-0.15, -0.1) is 0 Å². The molecule has 2 fully saturated rings. The number of piperazine rings is 1. The van der Waals surface area contributed by atoms with Crippen LogP contribution in [0.1, 0.15) is 24.5 Å². The van der Waals surface area contributed by atoms with Crippen molar-refractivity contribution in [2.75, 3.05) is 43.2 Å². The molecule has 6 rings (SSSR count). The molecule has 0 unspecified atom stereocenters. The van der Waals surface area contributed by atoms with E-state index in [2.05, 4.69) is 37.5 Å². The van der Waals surface area contributed by atoms with Crippen molar-refractivity contribution in [1.82, 2.24) is 5.32 Å². The average Bonchev–Trinajstić information content (AvgIpc) is 3.44. The Bertz CT molecular complexity index is 1510. The van der Waals surface area contributed by atoms with E-state index in [0.717, 1.165) is 34.8 Å². The second-order valence-corrected chi connectivity index (χ2v) is 17.2. The first-order valence-electron chi connectivity index (χ1n) is 15.2. The standard InChI is InChI=1S/C34H41N3O5Si/c1-23-32(43(3,4)27-14-12-26(41-2)13-15-27)30(16-19-38)42-34(23)28-10-5-6-11-29(28)37(33(34)40)22-24-8-7-9-25(20-24)36-18-17-35-21-31(36)39/h5-15,20,23,30,32,35,38H,16-19,21-22H2,1-4H3/t23-,30+,32-,34+/m0/s1. The van der Waals surface area contributed by atoms with Gasteiger partial charge < -0.3 is 29.7 Å². The van der Waals surface area contributed by atoms with Crippen LogP contribution in [0.5, 0.6) is 5.75 Å². The summed E-state index contributed by atoms with van der Waals surface area (Å²) in [4.78, 5) is 31.0. The predicted octanol–water partition coefficient (Wildman–Crippen LogP) is 3.78. The Morgan fingerprint density at radius 3 is 2.56 bits per heavy atom. The van der Waals surface area contributed by atoms with Gasteiger partial charge in [0.2, 0.25) is 5.91 Å². The predicted molar refractivity (Wildman–Crippen MR) is 171 cm³/mol. The molecule has 4 atom stereocenters. The number of nitrogens with one attached hydrogen (secondary N) is 1. The highest BCUT2D eigenvalue weighted by molar-refractivity contribution is 6.91. The van der Waals surface area contributed by atoms with Gasteiger partial charge in [-0.3, -0.25) is 9.59 Å². The van der Waals surface area contributed by atoms with Gasteiger partial charge >= 0.3 is 0 Å². The summed E-state index contributed by atoms with van der Waals surface area (Å²) >= 11 is 0. The SMILES string of the molecule is COc1ccc([Si](C)(C)[C@@H]2[C@@H](CCO)O[C@]3(C(=O)N(Cc4cccc(N5CCNCC5=O)c4)c4ccccc43)[C@H]2C)cc1. The van der Waals surface area contributed by atoms with E-state index in [1.54, 1.807) is 12.0 Å². The molecule has 3 heterocycles. The number of methoxy groups -OCH3 is 1. The molecule has 2 saturated heterocycles. The van der Waals surface area contributed by atoms with Crippen molar-refractivity contribution in [3.8, 4) is 5.75 Å². The molecule has 0 radical (unpaired) electrons. The maximum Gasteiger partial charge on any atom is 0.264 e. The molecule has 3 aliphatic heterocycles. The summed E-state index contributed by atoms with van der Waals surface area (Å²) in [5, 5.41) is 14.5. The summed E-state index contributed by atoms with van der Waals surface area (Å²) in [7, 11) is -0.556. The molecule has 3 aromatic rings. The Balaban J connectivity index is 1.36. The minimum absolute atomic E-state index is 0.00581. The minimum Gasteiger partial charge on any atom is -0.497 e. The molecule has 0 aliphatic carbocycles. The Kier molecular flexibility index (Phi) is 7.93. The van der Waals surface area contributed by atoms with Crippen molar-refractivity contribution in [2.24, 2.45) is 5.92 Å². The number of carbonyl (C=O) groups excluding carboxylic acids is 2. The van der Waals surface area contributed by atoms with Crippen LogP contribution in [0.15, 0.2) is 72.8 Å². The molecule has 3 aliphatic rings. The molecule has 8 nitrogen and oxygen atoms in total. The van der Waals surface area contributed by atoms with Crippen LogP contribution >= 0.6 is 0 Å². The van der Waals surface area contributed by atoms with E-state index in [-0.39, 0.29) is 36.0 Å². The van der Waals surface area contributed by atoms with E-state index in [0.29, 0.717) is 26.1 Å². The van der Waals surface area contributed by atoms with Crippen LogP contribution in [0, 0.1) is 5.92 Å². The Morgan fingerprint density at radius 2 is 1.84 bits per heavy atom. The highest BCUT2D eigenvalue weighted by Crippen LogP contribution is 2.60. The summed E-state index contributed by atoms with van der Waals surface area (Å²) in [5.41, 5.74) is 2.50. The zero-order chi connectivity index (χ0) is 30.4. The van der Waals surface area contributed by atoms with Gasteiger partial charge in [0.25, 0.3) is 5.91 Å². The molecule has 2 N–H and O–H groups in total. The summed E-state index contributed by atoms with van der Waals surface area (Å²) in [5.74, 6) is 0.683. The third kappa shape index (κ3) is 4.88. The van der Waals surface area contributed by atoms with Gasteiger partial charge in [-0.05, 0) is 47.9 Å². The first kappa shape index (κ1) is 29.6. The minimum atomic E-state index is -2.22. The number of anilines is 2. The number of fused-ring (bicyclic) bond motifs is 2. The number of hydrogen-bond acceptors (Lipinski definition) is 6. The molecule has 1 spiro atoms. The number of hydrogen-bond donors (Lipinski definition) is 2. The molecule has 226 valence electrons. The van der Waals surface area contributed by atoms with Crippen LogP contribution in [0.4, 0.5) is 11.4 Å². The number of benzene rings is 3. The Hall–Kier alpha value is -3.50. The normalized spacial score (nSPS) is 25.5. The van der Waals surface area contributed by atoms with Gasteiger partial charge in [0.05, 0.1) is 40.1 Å². The van der Waals surface area contributed by atoms with Crippen LogP contribution < -0.4 is 25.0 Å². The van der Waals surface area contributed by atoms with E-state index >= 15 is 0 Å². The van der Waals surface area contributed by atoms with Gasteiger partial charge in [0, 0.05) is 36.9 Å². The number of carbonyl (C=O) groups is 2. The Morgan fingerprint density at radius 1 is 1.07 bits per heavy atom. The molecule has 43 heavy (non-hydrogen) atoms. The van der Waals surface area contributed by atoms with Gasteiger partial charge in [-0.1, -0.05) is 67.7 Å². The molecule has 0 saturated carbocycles. The van der Waals surface area contributed by atoms with Crippen molar-refractivity contribution < 1.29 is 24.2 Å². The second kappa shape index (κ2) is 11.5. The molecular weight excluding hydrogens is 558 g/mol. The number of rotatable bonds is 8. The van der Waals surface area contributed by atoms with Crippen LogP contribution in [0.2, 0.25) is 18.6 Å². The van der Waals surface area contributed by atoms with Crippen molar-refractivity contribution in [2.45, 2.75) is 50.2 Å². The smallest absolute Gasteiger partial charge is 0.264 e. The molecule has 3 aromatic carbocycles. The van der Waals surface area contributed by atoms with E-state index in [1.165, 1.54) is 5.19 Å². The highest BCUT2D eigenvalue weighted by Gasteiger charge is 2.66. The fourth-order valence-electron chi connectivity index (χ4n) is 7.71. The summed E-state index contributed by atoms with van der Waals surface area (Å²) < 4.78 is 12.4. The summed E-state index contributed by atoms with van der Waals surface area (Å²) in [6, 6.07) is 24.2. The lowest BCUT2D eigenvalue weighted by molar-refractivity contribution is -0.146. The number of para-hydroxylation sites is 1. The molecule has 2 amide bonds. The maximum atomic E-state index is 14.7. The second-order valence-electron chi connectivity index (χ2n) is 12.5. The lowest BCUT2D eigenvalue weighted by Gasteiger charge is -2.37. The van der Waals surface area contributed by atoms with Gasteiger partial charge in [0.1, 0.15) is 5.75 Å². The van der Waals surface area contributed by atoms with Crippen molar-refractivity contribution in [3.05, 3.63) is 83.9 Å². The van der Waals surface area contributed by atoms with Crippen molar-refractivity contribution in [3.63, 3.8) is 0 Å². The monoisotopic (exact) mass is 599 g/mol. The summed E-state index contributed by atoms with van der Waals surface area (Å²) in [6.45, 7) is 8.90. The first-order valence-corrected chi connectivity index (χ1v) is 18.2. The quantitative estimate of drug-likeness (QED) is 0.383. The number of amides is 2. The van der Waals surface area contributed by atoms with Crippen molar-refractivity contribution in [1.29, 1.82) is 0 Å². The molecule has 0 aromatic heterocycles. The van der Waals surface area contributed by atoms with E-state index in [9.17, 15) is 14.7 Å². The van der Waals surface area contributed by atoms with Crippen LogP contribution in [-0.4, -0.2) is 64.4 Å². The number of ether oxygens (including phenoxy) is 2. The largest absolute Gasteiger partial charge is 0.497 e. The lowest BCUT2D eigenvalue weighted by Crippen LogP contribution is -2.51. The number of aliphatic hydroxyl groups excluding tert-OH is 1. The van der Waals surface area contributed by atoms with Gasteiger partial charge in [-0.2, -0.15) is 0 Å². The molecule has 9 heteroatoms. The topological polar surface area (TPSA) is 91.3 Å². The van der Waals surface area contributed by atoms with Crippen LogP contribution in [0.25, 0.3) is 0 Å². The number of nitrogens with zero attached hydrogens (tertiary/aromatic N) is 2. The Labute approximate surface area is 254 Å². The van der Waals surface area contributed by atoms with E-state index in [4.69, 9.17) is 9.47 Å². The van der Waals surface area contributed by atoms with Crippen molar-refractivity contribution >= 4 is 36.4 Å². The third-order valence-corrected chi connectivity index (χ3v) is 14.2. The van der Waals surface area contributed by atoms with Gasteiger partial charge in [-0.25, -0.2) is 0 Å².